The Bertz CT molecular complexity index is 749. The molecule has 5 nitrogen and oxygen atoms in total. The summed E-state index contributed by atoms with van der Waals surface area (Å²) >= 11 is 0. The van der Waals surface area contributed by atoms with Gasteiger partial charge in [-0.15, -0.1) is 0 Å². The molecule has 0 saturated heterocycles. The van der Waals surface area contributed by atoms with E-state index in [-0.39, 0.29) is 5.88 Å². The normalized spacial score (nSPS) is 12.8. The smallest absolute Gasteiger partial charge is 0.219 e. The van der Waals surface area contributed by atoms with Gasteiger partial charge in [-0.2, -0.15) is 0 Å². The number of hydrogen-bond acceptors (Lipinski definition) is 4. The monoisotopic (exact) mass is 254 g/mol. The fourth-order valence-corrected chi connectivity index (χ4v) is 2.16. The van der Waals surface area contributed by atoms with Crippen molar-refractivity contribution >= 4 is 6.08 Å². The summed E-state index contributed by atoms with van der Waals surface area (Å²) in [6, 6.07) is 7.67. The lowest BCUT2D eigenvalue weighted by molar-refractivity contribution is 0.418. The van der Waals surface area contributed by atoms with E-state index in [0.29, 0.717) is 18.1 Å². The second-order valence-corrected chi connectivity index (χ2v) is 4.33. The standard InChI is InChI=1S/C14H14N4O/c1-3-18-9(2)15-12(14(18)19)8-13-16-10-6-4-5-7-11(10)17-13/h4-8,19H,3H2,1-2H3. The summed E-state index contributed by atoms with van der Waals surface area (Å²) in [5, 5.41) is 11.8. The van der Waals surface area contributed by atoms with Crippen molar-refractivity contribution in [3.05, 3.63) is 52.3 Å². The van der Waals surface area contributed by atoms with Gasteiger partial charge in [0.1, 0.15) is 11.5 Å². The van der Waals surface area contributed by atoms with Crippen LogP contribution in [0.15, 0.2) is 40.1 Å². The first kappa shape index (κ1) is 11.6. The molecule has 1 aromatic heterocycles. The van der Waals surface area contributed by atoms with E-state index in [9.17, 15) is 5.11 Å². The van der Waals surface area contributed by atoms with Gasteiger partial charge in [-0.3, -0.25) is 4.57 Å². The number of hydrogen-bond donors (Lipinski definition) is 1. The van der Waals surface area contributed by atoms with E-state index in [1.54, 1.807) is 10.6 Å². The van der Waals surface area contributed by atoms with Gasteiger partial charge in [-0.05, 0) is 26.0 Å². The van der Waals surface area contributed by atoms with Crippen LogP contribution in [0.4, 0.5) is 0 Å². The van der Waals surface area contributed by atoms with Crippen LogP contribution in [0.25, 0.3) is 6.08 Å². The molecule has 19 heavy (non-hydrogen) atoms. The van der Waals surface area contributed by atoms with Crippen LogP contribution in [0.2, 0.25) is 0 Å². The molecule has 0 bridgehead atoms. The summed E-state index contributed by atoms with van der Waals surface area (Å²) in [5.74, 6) is 1.51. The van der Waals surface area contributed by atoms with E-state index in [1.165, 1.54) is 0 Å². The first-order chi connectivity index (χ1) is 9.19. The quantitative estimate of drug-likeness (QED) is 0.874. The molecule has 3 rings (SSSR count). The average molecular weight is 254 g/mol. The van der Waals surface area contributed by atoms with Crippen LogP contribution in [0, 0.1) is 6.92 Å². The Morgan fingerprint density at radius 1 is 1.21 bits per heavy atom. The molecule has 5 heteroatoms. The summed E-state index contributed by atoms with van der Waals surface area (Å²) < 4.78 is 1.74. The third-order valence-electron chi connectivity index (χ3n) is 3.09. The number of imidazole rings is 1. The molecule has 0 unspecified atom stereocenters. The number of fused-ring (bicyclic) bond motifs is 1. The number of para-hydroxylation sites is 2. The van der Waals surface area contributed by atoms with Crippen LogP contribution in [-0.4, -0.2) is 14.7 Å². The molecule has 1 aliphatic heterocycles. The molecule has 1 N–H and O–H groups in total. The molecule has 0 saturated carbocycles. The largest absolute Gasteiger partial charge is 0.493 e. The Morgan fingerprint density at radius 2 is 1.84 bits per heavy atom. The summed E-state index contributed by atoms with van der Waals surface area (Å²) in [5.41, 5.74) is 0.509. The fourth-order valence-electron chi connectivity index (χ4n) is 2.16. The Labute approximate surface area is 110 Å². The zero-order valence-electron chi connectivity index (χ0n) is 10.8. The maximum atomic E-state index is 10.1. The van der Waals surface area contributed by atoms with E-state index in [0.717, 1.165) is 16.5 Å². The first-order valence-corrected chi connectivity index (χ1v) is 6.19. The van der Waals surface area contributed by atoms with Crippen molar-refractivity contribution in [2.45, 2.75) is 20.4 Å². The Morgan fingerprint density at radius 3 is 2.37 bits per heavy atom. The van der Waals surface area contributed by atoms with Gasteiger partial charge in [0.2, 0.25) is 5.88 Å². The van der Waals surface area contributed by atoms with Gasteiger partial charge in [0.25, 0.3) is 0 Å². The maximum Gasteiger partial charge on any atom is 0.219 e. The third kappa shape index (κ3) is 1.93. The van der Waals surface area contributed by atoms with Crippen molar-refractivity contribution in [3.63, 3.8) is 0 Å². The van der Waals surface area contributed by atoms with Crippen LogP contribution in [0.1, 0.15) is 18.4 Å². The molecule has 2 heterocycles. The molecule has 96 valence electrons. The van der Waals surface area contributed by atoms with E-state index in [4.69, 9.17) is 0 Å². The molecule has 1 aliphatic rings. The highest BCUT2D eigenvalue weighted by Gasteiger charge is 2.12. The van der Waals surface area contributed by atoms with E-state index in [1.807, 2.05) is 38.1 Å². The Balaban J connectivity index is 2.08. The third-order valence-corrected chi connectivity index (χ3v) is 3.09. The van der Waals surface area contributed by atoms with E-state index >= 15 is 0 Å². The minimum absolute atomic E-state index is 0.161. The molecule has 2 aromatic rings. The maximum absolute atomic E-state index is 10.1. The second-order valence-electron chi connectivity index (χ2n) is 4.33. The van der Waals surface area contributed by atoms with Gasteiger partial charge >= 0.3 is 0 Å². The zero-order valence-corrected chi connectivity index (χ0v) is 10.8. The molecule has 0 aliphatic carbocycles. The highest BCUT2D eigenvalue weighted by atomic mass is 16.3. The van der Waals surface area contributed by atoms with Gasteiger partial charge in [-0.1, -0.05) is 12.1 Å². The lowest BCUT2D eigenvalue weighted by Crippen LogP contribution is -2.19. The van der Waals surface area contributed by atoms with Gasteiger partial charge < -0.3 is 5.11 Å². The van der Waals surface area contributed by atoms with Crippen molar-refractivity contribution < 1.29 is 5.11 Å². The number of aryl methyl sites for hydroxylation is 1. The second kappa shape index (κ2) is 4.35. The minimum atomic E-state index is 0.161. The molecular formula is C14H14N4O. The van der Waals surface area contributed by atoms with Gasteiger partial charge in [-0.25, -0.2) is 15.0 Å². The Kier molecular flexibility index (Phi) is 2.67. The van der Waals surface area contributed by atoms with Crippen LogP contribution in [0.5, 0.6) is 5.88 Å². The zero-order chi connectivity index (χ0) is 13.4. The first-order valence-electron chi connectivity index (χ1n) is 6.19. The summed E-state index contributed by atoms with van der Waals surface area (Å²) in [6.45, 7) is 4.51. The molecule has 0 fully saturated rings. The van der Waals surface area contributed by atoms with Crippen LogP contribution in [-0.2, 0) is 6.54 Å². The molecular weight excluding hydrogens is 240 g/mol. The SMILES string of the molecule is CCn1c(C)nc(C=C2N=c3ccccc3=N2)c1O. The molecule has 0 atom stereocenters. The highest BCUT2D eigenvalue weighted by molar-refractivity contribution is 5.54. The summed E-state index contributed by atoms with van der Waals surface area (Å²) in [7, 11) is 0. The highest BCUT2D eigenvalue weighted by Crippen LogP contribution is 2.22. The van der Waals surface area contributed by atoms with Crippen molar-refractivity contribution in [1.82, 2.24) is 9.55 Å². The van der Waals surface area contributed by atoms with Crippen LogP contribution < -0.4 is 10.7 Å². The fraction of sp³-hybridized carbons (Fsp3) is 0.214. The van der Waals surface area contributed by atoms with Crippen molar-refractivity contribution in [1.29, 1.82) is 0 Å². The molecule has 0 spiro atoms. The number of nitrogens with zero attached hydrogens (tertiary/aromatic N) is 4. The molecule has 0 amide bonds. The number of rotatable bonds is 2. The topological polar surface area (TPSA) is 62.8 Å². The number of aromatic hydroxyl groups is 1. The predicted molar refractivity (Wildman–Crippen MR) is 71.0 cm³/mol. The van der Waals surface area contributed by atoms with Crippen molar-refractivity contribution in [2.75, 3.05) is 0 Å². The van der Waals surface area contributed by atoms with Crippen molar-refractivity contribution in [2.24, 2.45) is 9.98 Å². The van der Waals surface area contributed by atoms with Crippen molar-refractivity contribution in [3.8, 4) is 5.88 Å². The van der Waals surface area contributed by atoms with E-state index < -0.39 is 0 Å². The van der Waals surface area contributed by atoms with Gasteiger partial charge in [0.15, 0.2) is 5.82 Å². The molecule has 0 radical (unpaired) electrons. The predicted octanol–water partition coefficient (Wildman–Crippen LogP) is 1.17. The van der Waals surface area contributed by atoms with Crippen LogP contribution >= 0.6 is 0 Å². The summed E-state index contributed by atoms with van der Waals surface area (Å²) in [6.07, 6.45) is 1.70. The Hall–Kier alpha value is -2.43. The number of aromatic nitrogens is 2. The van der Waals surface area contributed by atoms with E-state index in [2.05, 4.69) is 15.0 Å². The van der Waals surface area contributed by atoms with Gasteiger partial charge in [0, 0.05) is 12.6 Å². The minimum Gasteiger partial charge on any atom is -0.493 e. The number of benzene rings is 1. The lowest BCUT2D eigenvalue weighted by Gasteiger charge is -2.00. The average Bonchev–Trinajstić information content (AvgIpc) is 2.91. The molecule has 1 aromatic carbocycles. The summed E-state index contributed by atoms with van der Waals surface area (Å²) in [4.78, 5) is 13.1. The van der Waals surface area contributed by atoms with Crippen LogP contribution in [0.3, 0.4) is 0 Å². The lowest BCUT2D eigenvalue weighted by atomic mass is 10.3. The van der Waals surface area contributed by atoms with Gasteiger partial charge in [0.05, 0.1) is 10.7 Å².